The van der Waals surface area contributed by atoms with E-state index >= 15 is 0 Å². The van der Waals surface area contributed by atoms with Gasteiger partial charge in [-0.1, -0.05) is 133 Å². The van der Waals surface area contributed by atoms with Crippen molar-refractivity contribution in [1.29, 1.82) is 0 Å². The number of hydrogen-bond acceptors (Lipinski definition) is 7. The summed E-state index contributed by atoms with van der Waals surface area (Å²) in [6.07, 6.45) is 40.9. The highest BCUT2D eigenvalue weighted by atomic mass is 31.2. The summed E-state index contributed by atoms with van der Waals surface area (Å²) >= 11 is 0. The molecule has 0 aliphatic heterocycles. The summed E-state index contributed by atoms with van der Waals surface area (Å²) in [5.41, 5.74) is 0. The monoisotopic (exact) mass is 736 g/mol. The van der Waals surface area contributed by atoms with Crippen LogP contribution in [0.4, 0.5) is 0 Å². The molecule has 10 heteroatoms. The molecule has 0 aromatic heterocycles. The third-order valence-corrected chi connectivity index (χ3v) is 8.47. The van der Waals surface area contributed by atoms with Gasteiger partial charge in [0.05, 0.1) is 6.61 Å². The van der Waals surface area contributed by atoms with Crippen molar-refractivity contribution in [3.8, 4) is 0 Å². The van der Waals surface area contributed by atoms with E-state index in [9.17, 15) is 18.9 Å². The molecule has 0 aliphatic carbocycles. The molecule has 0 fully saturated rings. The molecule has 0 aromatic rings. The fraction of sp³-hybridized carbons (Fsp3) is 0.683. The lowest BCUT2D eigenvalue weighted by molar-refractivity contribution is -0.161. The van der Waals surface area contributed by atoms with E-state index in [1.165, 1.54) is 63.9 Å². The third-order valence-electron chi connectivity index (χ3n) is 7.99. The zero-order valence-electron chi connectivity index (χ0n) is 31.7. The largest absolute Gasteiger partial charge is 0.469 e. The Bertz CT molecular complexity index is 1070. The molecule has 0 saturated carbocycles. The van der Waals surface area contributed by atoms with E-state index in [2.05, 4.69) is 54.8 Å². The number of allylic oxidation sites excluding steroid dienone is 10. The van der Waals surface area contributed by atoms with Crippen LogP contribution in [0.15, 0.2) is 60.8 Å². The van der Waals surface area contributed by atoms with Gasteiger partial charge in [0.15, 0.2) is 11.9 Å². The van der Waals surface area contributed by atoms with Gasteiger partial charge in [-0.05, 0) is 70.3 Å². The summed E-state index contributed by atoms with van der Waals surface area (Å²) in [5.74, 6) is -1.27. The van der Waals surface area contributed by atoms with Gasteiger partial charge >= 0.3 is 19.8 Å². The molecule has 1 atom stereocenters. The van der Waals surface area contributed by atoms with Crippen LogP contribution in [-0.2, 0) is 32.9 Å². The minimum Gasteiger partial charge on any atom is -0.462 e. The lowest BCUT2D eigenvalue weighted by Crippen LogP contribution is -2.29. The van der Waals surface area contributed by atoms with Crippen molar-refractivity contribution in [3.63, 3.8) is 0 Å². The Kier molecular flexibility index (Phi) is 34.0. The summed E-state index contributed by atoms with van der Waals surface area (Å²) in [6, 6.07) is 0. The normalized spacial score (nSPS) is 13.0. The topological polar surface area (TPSA) is 136 Å². The molecule has 0 radical (unpaired) electrons. The van der Waals surface area contributed by atoms with Crippen molar-refractivity contribution in [1.82, 2.24) is 0 Å². The van der Waals surface area contributed by atoms with Gasteiger partial charge in [0.2, 0.25) is 0 Å². The summed E-state index contributed by atoms with van der Waals surface area (Å²) in [4.78, 5) is 54.8. The van der Waals surface area contributed by atoms with Gasteiger partial charge in [-0.15, -0.1) is 0 Å². The second kappa shape index (κ2) is 35.8. The van der Waals surface area contributed by atoms with Crippen molar-refractivity contribution in [2.24, 2.45) is 0 Å². The van der Waals surface area contributed by atoms with Crippen LogP contribution >= 0.6 is 7.82 Å². The maximum Gasteiger partial charge on any atom is 0.469 e. The van der Waals surface area contributed by atoms with Crippen LogP contribution in [-0.4, -0.2) is 46.8 Å². The van der Waals surface area contributed by atoms with Crippen LogP contribution in [0.2, 0.25) is 0 Å². The number of phosphoric acid groups is 1. The number of phosphoric ester groups is 1. The Hall–Kier alpha value is -2.58. The molecular weight excluding hydrogens is 667 g/mol. The maximum absolute atomic E-state index is 12.4. The van der Waals surface area contributed by atoms with Crippen LogP contribution in [0.1, 0.15) is 162 Å². The average molecular weight is 737 g/mol. The Balaban J connectivity index is 4.18. The van der Waals surface area contributed by atoms with E-state index in [0.717, 1.165) is 57.8 Å². The van der Waals surface area contributed by atoms with E-state index in [4.69, 9.17) is 19.3 Å². The molecule has 51 heavy (non-hydrogen) atoms. The predicted molar refractivity (Wildman–Crippen MR) is 207 cm³/mol. The molecule has 0 bridgehead atoms. The van der Waals surface area contributed by atoms with Gasteiger partial charge in [0, 0.05) is 19.3 Å². The summed E-state index contributed by atoms with van der Waals surface area (Å²) in [6.45, 7) is 3.42. The molecule has 0 saturated heterocycles. The Morgan fingerprint density at radius 2 is 1.08 bits per heavy atom. The number of ketones is 1. The number of unbranched alkanes of at least 4 members (excludes halogenated alkanes) is 14. The van der Waals surface area contributed by atoms with Gasteiger partial charge in [-0.25, -0.2) is 4.57 Å². The molecule has 2 N–H and O–H groups in total. The highest BCUT2D eigenvalue weighted by molar-refractivity contribution is 7.46. The van der Waals surface area contributed by atoms with Crippen molar-refractivity contribution in [2.45, 2.75) is 168 Å². The van der Waals surface area contributed by atoms with Gasteiger partial charge < -0.3 is 19.3 Å². The van der Waals surface area contributed by atoms with Gasteiger partial charge in [0.25, 0.3) is 0 Å². The molecule has 292 valence electrons. The first-order valence-electron chi connectivity index (χ1n) is 19.5. The minimum atomic E-state index is -4.81. The Labute approximate surface area is 309 Å². The first-order valence-corrected chi connectivity index (χ1v) is 21.1. The molecule has 0 unspecified atom stereocenters. The number of rotatable bonds is 35. The molecule has 9 nitrogen and oxygen atoms in total. The van der Waals surface area contributed by atoms with E-state index in [1.807, 2.05) is 12.2 Å². The van der Waals surface area contributed by atoms with Crippen molar-refractivity contribution in [2.75, 3.05) is 13.2 Å². The second-order valence-corrected chi connectivity index (χ2v) is 14.2. The van der Waals surface area contributed by atoms with Crippen LogP contribution in [0.3, 0.4) is 0 Å². The second-order valence-electron chi connectivity index (χ2n) is 12.9. The zero-order valence-corrected chi connectivity index (χ0v) is 32.6. The standard InChI is InChI=1S/C41H69O9P/c1-3-5-7-9-11-13-15-17-18-20-22-24-26-28-30-34-41(44)50-39(37-49-51(45,46)47)36-48-40(43)35-31-33-38(42)32-29-27-25-23-21-19-16-14-12-10-8-6-4-2/h12,14,17-19,21,25,27,29,32,39H,3-11,13,15-16,20,22-24,26,28,30-31,33-37H2,1-2H3,(H2,45,46,47)/b14-12-,18-17-,21-19-,27-25-,32-29+/t39-/m1/s1. The first kappa shape index (κ1) is 48.4. The van der Waals surface area contributed by atoms with Crippen LogP contribution in [0, 0.1) is 0 Å². The van der Waals surface area contributed by atoms with Gasteiger partial charge in [0.1, 0.15) is 6.61 Å². The smallest absolute Gasteiger partial charge is 0.462 e. The van der Waals surface area contributed by atoms with Crippen LogP contribution in [0.25, 0.3) is 0 Å². The predicted octanol–water partition coefficient (Wildman–Crippen LogP) is 10.9. The minimum absolute atomic E-state index is 0.0256. The number of esters is 2. The van der Waals surface area contributed by atoms with E-state index < -0.39 is 39.1 Å². The van der Waals surface area contributed by atoms with E-state index in [0.29, 0.717) is 6.42 Å². The zero-order chi connectivity index (χ0) is 37.7. The molecule has 0 heterocycles. The van der Waals surface area contributed by atoms with Crippen LogP contribution < -0.4 is 0 Å². The lowest BCUT2D eigenvalue weighted by Gasteiger charge is -2.18. The van der Waals surface area contributed by atoms with Crippen molar-refractivity contribution >= 4 is 25.5 Å². The Morgan fingerprint density at radius 3 is 1.73 bits per heavy atom. The highest BCUT2D eigenvalue weighted by Gasteiger charge is 2.23. The molecular formula is C41H69O9P. The Morgan fingerprint density at radius 1 is 0.569 bits per heavy atom. The SMILES string of the molecule is CCCCC/C=C\C/C=C\C/C=C\C=C\C(=O)CCCC(=O)OC[C@H](COP(=O)(O)O)OC(=O)CCCCCCC/C=C\CCCCCCCC. The fourth-order valence-electron chi connectivity index (χ4n) is 5.03. The molecule has 0 aromatic carbocycles. The average Bonchev–Trinajstić information content (AvgIpc) is 3.09. The highest BCUT2D eigenvalue weighted by Crippen LogP contribution is 2.36. The number of carbonyl (C=O) groups excluding carboxylic acids is 3. The van der Waals surface area contributed by atoms with E-state index in [-0.39, 0.29) is 31.5 Å². The summed E-state index contributed by atoms with van der Waals surface area (Å²) in [7, 11) is -4.81. The lowest BCUT2D eigenvalue weighted by atomic mass is 10.1. The molecule has 0 amide bonds. The van der Waals surface area contributed by atoms with Gasteiger partial charge in [-0.2, -0.15) is 0 Å². The number of hydrogen-bond donors (Lipinski definition) is 2. The van der Waals surface area contributed by atoms with Crippen molar-refractivity contribution in [3.05, 3.63) is 60.8 Å². The summed E-state index contributed by atoms with van der Waals surface area (Å²) in [5, 5.41) is 0. The maximum atomic E-state index is 12.4. The number of carbonyl (C=O) groups is 3. The fourth-order valence-corrected chi connectivity index (χ4v) is 5.39. The first-order chi connectivity index (χ1) is 24.7. The quantitative estimate of drug-likeness (QED) is 0.0163. The van der Waals surface area contributed by atoms with E-state index in [1.54, 1.807) is 6.08 Å². The van der Waals surface area contributed by atoms with Crippen molar-refractivity contribution < 1.29 is 42.7 Å². The summed E-state index contributed by atoms with van der Waals surface area (Å²) < 4.78 is 26.1. The number of ether oxygens (including phenoxy) is 2. The van der Waals surface area contributed by atoms with Crippen LogP contribution in [0.5, 0.6) is 0 Å². The molecule has 0 spiro atoms. The molecule has 0 rings (SSSR count). The molecule has 0 aliphatic rings. The third kappa shape index (κ3) is 38.5. The van der Waals surface area contributed by atoms with Gasteiger partial charge in [-0.3, -0.25) is 18.9 Å².